The lowest BCUT2D eigenvalue weighted by Gasteiger charge is -2.31. The molecule has 2 aromatic rings. The maximum Gasteiger partial charge on any atom is 0.309 e. The van der Waals surface area contributed by atoms with Gasteiger partial charge in [-0.25, -0.2) is 0 Å². The predicted molar refractivity (Wildman–Crippen MR) is 130 cm³/mol. The van der Waals surface area contributed by atoms with Crippen LogP contribution in [0, 0.1) is 12.8 Å². The number of phenolic OH excluding ortho intramolecular Hbond substituents is 1. The standard InChI is InChI=1S/C27H31NO7/c1-5-34-27(31)17-9-11-28(12-10-17)15-19-20(29)13-16(2)23-24(30)22(35-26(19)23)14-18-7-6-8-21(32-3)25(18)33-4/h6-8,13-14,17,29H,5,9-12,15H2,1-4H3/b22-14+. The van der Waals surface area contributed by atoms with E-state index in [4.69, 9.17) is 18.9 Å². The molecule has 2 heterocycles. The van der Waals surface area contributed by atoms with Gasteiger partial charge in [0.05, 0.1) is 37.9 Å². The minimum Gasteiger partial charge on any atom is -0.507 e. The Balaban J connectivity index is 1.60. The fourth-order valence-electron chi connectivity index (χ4n) is 4.71. The molecule has 186 valence electrons. The van der Waals surface area contributed by atoms with Crippen molar-refractivity contribution in [1.29, 1.82) is 0 Å². The number of rotatable bonds is 7. The maximum atomic E-state index is 13.3. The Kier molecular flexibility index (Phi) is 7.31. The zero-order valence-corrected chi connectivity index (χ0v) is 20.6. The van der Waals surface area contributed by atoms with E-state index in [0.717, 1.165) is 0 Å². The number of para-hydroxylation sites is 1. The third-order valence-corrected chi connectivity index (χ3v) is 6.53. The zero-order valence-electron chi connectivity index (χ0n) is 20.6. The molecular formula is C27H31NO7. The second-order valence-electron chi connectivity index (χ2n) is 8.72. The number of nitrogens with zero attached hydrogens (tertiary/aromatic N) is 1. The molecule has 1 saturated heterocycles. The second kappa shape index (κ2) is 10.4. The zero-order chi connectivity index (χ0) is 25.1. The third kappa shape index (κ3) is 4.84. The number of likely N-dealkylation sites (tertiary alicyclic amines) is 1. The average Bonchev–Trinajstić information content (AvgIpc) is 3.18. The van der Waals surface area contributed by atoms with Crippen LogP contribution in [0.5, 0.6) is 23.0 Å². The fourth-order valence-corrected chi connectivity index (χ4v) is 4.71. The topological polar surface area (TPSA) is 94.5 Å². The smallest absolute Gasteiger partial charge is 0.309 e. The predicted octanol–water partition coefficient (Wildman–Crippen LogP) is 4.11. The van der Waals surface area contributed by atoms with Gasteiger partial charge in [0.1, 0.15) is 11.5 Å². The van der Waals surface area contributed by atoms with Gasteiger partial charge in [0.2, 0.25) is 5.78 Å². The number of benzene rings is 2. The first-order chi connectivity index (χ1) is 16.9. The van der Waals surface area contributed by atoms with Crippen molar-refractivity contribution in [2.75, 3.05) is 33.9 Å². The highest BCUT2D eigenvalue weighted by molar-refractivity contribution is 6.16. The first-order valence-electron chi connectivity index (χ1n) is 11.8. The molecule has 0 aliphatic carbocycles. The van der Waals surface area contributed by atoms with Gasteiger partial charge in [-0.1, -0.05) is 12.1 Å². The van der Waals surface area contributed by atoms with Crippen LogP contribution in [-0.4, -0.2) is 55.7 Å². The summed E-state index contributed by atoms with van der Waals surface area (Å²) in [6.07, 6.45) is 3.01. The lowest BCUT2D eigenvalue weighted by Crippen LogP contribution is -2.36. The molecule has 0 saturated carbocycles. The van der Waals surface area contributed by atoms with E-state index >= 15 is 0 Å². The minimum atomic E-state index is -0.246. The Morgan fingerprint density at radius 1 is 1.23 bits per heavy atom. The summed E-state index contributed by atoms with van der Waals surface area (Å²) in [5, 5.41) is 10.8. The number of esters is 1. The molecule has 35 heavy (non-hydrogen) atoms. The summed E-state index contributed by atoms with van der Waals surface area (Å²) >= 11 is 0. The fraction of sp³-hybridized carbons (Fsp3) is 0.407. The lowest BCUT2D eigenvalue weighted by molar-refractivity contribution is -0.149. The van der Waals surface area contributed by atoms with E-state index in [9.17, 15) is 14.7 Å². The number of methoxy groups -OCH3 is 2. The van der Waals surface area contributed by atoms with E-state index in [1.54, 1.807) is 32.2 Å². The summed E-state index contributed by atoms with van der Waals surface area (Å²) in [6.45, 7) is 5.75. The van der Waals surface area contributed by atoms with Crippen LogP contribution in [0.1, 0.15) is 46.8 Å². The van der Waals surface area contributed by atoms with E-state index < -0.39 is 0 Å². The molecule has 2 aliphatic heterocycles. The van der Waals surface area contributed by atoms with Gasteiger partial charge >= 0.3 is 5.97 Å². The van der Waals surface area contributed by atoms with Crippen molar-refractivity contribution >= 4 is 17.8 Å². The SMILES string of the molecule is CCOC(=O)C1CCN(Cc2c(O)cc(C)c3c2O/C(=C/c2cccc(OC)c2OC)C3=O)CC1. The van der Waals surface area contributed by atoms with Crippen LogP contribution >= 0.6 is 0 Å². The summed E-state index contributed by atoms with van der Waals surface area (Å²) in [6, 6.07) is 7.00. The molecule has 0 atom stereocenters. The van der Waals surface area contributed by atoms with Crippen LogP contribution in [0.3, 0.4) is 0 Å². The molecule has 0 radical (unpaired) electrons. The third-order valence-electron chi connectivity index (χ3n) is 6.53. The van der Waals surface area contributed by atoms with Gasteiger partial charge < -0.3 is 24.1 Å². The van der Waals surface area contributed by atoms with Gasteiger partial charge in [0.25, 0.3) is 0 Å². The number of Topliss-reactive ketones (excluding diaryl/α,β-unsaturated/α-hetero) is 1. The number of ketones is 1. The van der Waals surface area contributed by atoms with Crippen molar-refractivity contribution in [1.82, 2.24) is 4.90 Å². The molecule has 0 spiro atoms. The van der Waals surface area contributed by atoms with Crippen molar-refractivity contribution in [2.24, 2.45) is 5.92 Å². The minimum absolute atomic E-state index is 0.0850. The van der Waals surface area contributed by atoms with Crippen molar-refractivity contribution in [3.05, 3.63) is 52.3 Å². The first kappa shape index (κ1) is 24.6. The number of ether oxygens (including phenoxy) is 4. The Morgan fingerprint density at radius 2 is 1.97 bits per heavy atom. The number of hydrogen-bond acceptors (Lipinski definition) is 8. The van der Waals surface area contributed by atoms with E-state index in [0.29, 0.717) is 78.6 Å². The number of carbonyl (C=O) groups excluding carboxylic acids is 2. The molecule has 8 nitrogen and oxygen atoms in total. The number of carbonyl (C=O) groups is 2. The van der Waals surface area contributed by atoms with Crippen LogP contribution in [-0.2, 0) is 16.1 Å². The molecule has 1 fully saturated rings. The number of allylic oxidation sites excluding steroid dienone is 1. The highest BCUT2D eigenvalue weighted by atomic mass is 16.5. The maximum absolute atomic E-state index is 13.3. The summed E-state index contributed by atoms with van der Waals surface area (Å²) in [5.74, 6) is 1.17. The van der Waals surface area contributed by atoms with Gasteiger partial charge in [-0.15, -0.1) is 0 Å². The summed E-state index contributed by atoms with van der Waals surface area (Å²) in [4.78, 5) is 27.5. The van der Waals surface area contributed by atoms with Gasteiger partial charge in [0, 0.05) is 12.1 Å². The molecule has 1 N–H and O–H groups in total. The molecule has 0 aromatic heterocycles. The molecule has 2 aromatic carbocycles. The first-order valence-corrected chi connectivity index (χ1v) is 11.8. The molecule has 2 aliphatic rings. The Bertz CT molecular complexity index is 1160. The Labute approximate surface area is 205 Å². The highest BCUT2D eigenvalue weighted by Gasteiger charge is 2.35. The largest absolute Gasteiger partial charge is 0.507 e. The van der Waals surface area contributed by atoms with E-state index in [1.807, 2.05) is 19.1 Å². The van der Waals surface area contributed by atoms with Crippen LogP contribution in [0.25, 0.3) is 6.08 Å². The number of phenols is 1. The molecule has 0 bridgehead atoms. The lowest BCUT2D eigenvalue weighted by atomic mass is 9.95. The Hall–Kier alpha value is -3.52. The molecule has 0 unspecified atom stereocenters. The number of hydrogen-bond donors (Lipinski definition) is 1. The molecule has 8 heteroatoms. The van der Waals surface area contributed by atoms with Crippen molar-refractivity contribution < 1.29 is 33.6 Å². The van der Waals surface area contributed by atoms with Gasteiger partial charge in [-0.05, 0) is 63.6 Å². The van der Waals surface area contributed by atoms with Gasteiger partial charge in [-0.3, -0.25) is 14.5 Å². The Morgan fingerprint density at radius 3 is 2.63 bits per heavy atom. The van der Waals surface area contributed by atoms with Crippen LogP contribution in [0.15, 0.2) is 30.0 Å². The second-order valence-corrected chi connectivity index (χ2v) is 8.72. The van der Waals surface area contributed by atoms with Gasteiger partial charge in [0.15, 0.2) is 17.3 Å². The van der Waals surface area contributed by atoms with Crippen molar-refractivity contribution in [2.45, 2.75) is 33.2 Å². The quantitative estimate of drug-likeness (QED) is 0.466. The number of fused-ring (bicyclic) bond motifs is 1. The van der Waals surface area contributed by atoms with Crippen LogP contribution in [0.4, 0.5) is 0 Å². The number of aryl methyl sites for hydroxylation is 1. The van der Waals surface area contributed by atoms with Crippen LogP contribution < -0.4 is 14.2 Å². The van der Waals surface area contributed by atoms with Gasteiger partial charge in [-0.2, -0.15) is 0 Å². The summed E-state index contributed by atoms with van der Waals surface area (Å²) in [7, 11) is 3.09. The van der Waals surface area contributed by atoms with Crippen molar-refractivity contribution in [3.8, 4) is 23.0 Å². The van der Waals surface area contributed by atoms with E-state index in [1.165, 1.54) is 7.11 Å². The molecule has 0 amide bonds. The molecular weight excluding hydrogens is 450 g/mol. The number of aromatic hydroxyl groups is 1. The number of piperidine rings is 1. The van der Waals surface area contributed by atoms with Crippen molar-refractivity contribution in [3.63, 3.8) is 0 Å². The molecule has 4 rings (SSSR count). The summed E-state index contributed by atoms with van der Waals surface area (Å²) in [5.41, 5.74) is 2.31. The average molecular weight is 482 g/mol. The highest BCUT2D eigenvalue weighted by Crippen LogP contribution is 2.43. The normalized spacial score (nSPS) is 17.3. The monoisotopic (exact) mass is 481 g/mol. The van der Waals surface area contributed by atoms with E-state index in [2.05, 4.69) is 4.90 Å². The summed E-state index contributed by atoms with van der Waals surface area (Å²) < 4.78 is 22.1. The van der Waals surface area contributed by atoms with E-state index in [-0.39, 0.29) is 29.2 Å². The van der Waals surface area contributed by atoms with Crippen LogP contribution in [0.2, 0.25) is 0 Å².